The molecule has 6 heteroatoms. The molecule has 0 unspecified atom stereocenters. The van der Waals surface area contributed by atoms with Gasteiger partial charge in [0.05, 0.1) is 11.9 Å². The lowest BCUT2D eigenvalue weighted by atomic mass is 9.91. The summed E-state index contributed by atoms with van der Waals surface area (Å²) in [5.41, 5.74) is 0.604. The first-order valence-corrected chi connectivity index (χ1v) is 9.05. The molecule has 24 heavy (non-hydrogen) atoms. The molecule has 0 bridgehead atoms. The first-order chi connectivity index (χ1) is 11.3. The Hall–Kier alpha value is -1.72. The van der Waals surface area contributed by atoms with Crippen molar-refractivity contribution >= 4 is 11.8 Å². The van der Waals surface area contributed by atoms with Crippen LogP contribution < -0.4 is 5.32 Å². The third-order valence-corrected chi connectivity index (χ3v) is 4.30. The van der Waals surface area contributed by atoms with Crippen LogP contribution in [0.3, 0.4) is 0 Å². The largest absolute Gasteiger partial charge is 0.444 e. The molecule has 1 amide bonds. The second-order valence-electron chi connectivity index (χ2n) is 7.75. The summed E-state index contributed by atoms with van der Waals surface area (Å²) in [4.78, 5) is 14.1. The van der Waals surface area contributed by atoms with Gasteiger partial charge in [-0.1, -0.05) is 6.92 Å². The molecule has 2 atom stereocenters. The maximum atomic E-state index is 12.3. The lowest BCUT2D eigenvalue weighted by Crippen LogP contribution is -2.46. The number of likely N-dealkylation sites (tertiary alicyclic amines) is 1. The minimum absolute atomic E-state index is 0.199. The van der Waals surface area contributed by atoms with E-state index in [-0.39, 0.29) is 12.1 Å². The summed E-state index contributed by atoms with van der Waals surface area (Å²) in [5, 5.41) is 7.89. The zero-order valence-electron chi connectivity index (χ0n) is 15.7. The summed E-state index contributed by atoms with van der Waals surface area (Å²) in [7, 11) is 0. The topological polar surface area (TPSA) is 59.4 Å². The molecule has 0 aliphatic carbocycles. The normalized spacial score (nSPS) is 19.9. The molecule has 136 valence electrons. The molecular weight excluding hydrogens is 304 g/mol. The van der Waals surface area contributed by atoms with Crippen molar-refractivity contribution in [2.24, 2.45) is 5.92 Å². The summed E-state index contributed by atoms with van der Waals surface area (Å²) in [5.74, 6) is 0.417. The van der Waals surface area contributed by atoms with Crippen LogP contribution in [0.5, 0.6) is 0 Å². The Morgan fingerprint density at radius 3 is 2.92 bits per heavy atom. The summed E-state index contributed by atoms with van der Waals surface area (Å²) in [6.07, 6.45) is 6.94. The van der Waals surface area contributed by atoms with E-state index in [1.807, 2.05) is 36.5 Å². The van der Waals surface area contributed by atoms with Crippen molar-refractivity contribution in [3.63, 3.8) is 0 Å². The van der Waals surface area contributed by atoms with Crippen LogP contribution in [-0.4, -0.2) is 45.5 Å². The number of carbonyl (C=O) groups is 1. The molecular formula is C18H32N4O2. The molecule has 1 aromatic heterocycles. The SMILES string of the molecule is CCCn1cc(N[C@@H](C)[C@@H]2CCCN(C(=O)OC(C)(C)C)C2)cn1. The Balaban J connectivity index is 1.89. The van der Waals surface area contributed by atoms with E-state index in [1.165, 1.54) is 0 Å². The molecule has 1 aliphatic heterocycles. The van der Waals surface area contributed by atoms with Gasteiger partial charge < -0.3 is 15.0 Å². The van der Waals surface area contributed by atoms with E-state index < -0.39 is 5.60 Å². The Morgan fingerprint density at radius 2 is 2.25 bits per heavy atom. The van der Waals surface area contributed by atoms with E-state index in [2.05, 4.69) is 30.5 Å². The molecule has 0 radical (unpaired) electrons. The molecule has 1 aliphatic rings. The van der Waals surface area contributed by atoms with Crippen LogP contribution in [0.1, 0.15) is 53.9 Å². The van der Waals surface area contributed by atoms with Gasteiger partial charge in [0, 0.05) is 31.9 Å². The van der Waals surface area contributed by atoms with E-state index in [0.717, 1.165) is 44.6 Å². The number of ether oxygens (including phenoxy) is 1. The second kappa shape index (κ2) is 7.90. The van der Waals surface area contributed by atoms with E-state index in [1.54, 1.807) is 0 Å². The molecule has 0 aromatic carbocycles. The van der Waals surface area contributed by atoms with Gasteiger partial charge >= 0.3 is 6.09 Å². The maximum Gasteiger partial charge on any atom is 0.410 e. The molecule has 1 N–H and O–H groups in total. The molecule has 6 nitrogen and oxygen atoms in total. The van der Waals surface area contributed by atoms with Gasteiger partial charge in [0.25, 0.3) is 0 Å². The van der Waals surface area contributed by atoms with Crippen LogP contribution in [-0.2, 0) is 11.3 Å². The van der Waals surface area contributed by atoms with Crippen LogP contribution in [0, 0.1) is 5.92 Å². The fourth-order valence-corrected chi connectivity index (χ4v) is 3.08. The Bertz CT molecular complexity index is 535. The predicted octanol–water partition coefficient (Wildman–Crippen LogP) is 3.74. The summed E-state index contributed by atoms with van der Waals surface area (Å²) < 4.78 is 7.47. The van der Waals surface area contributed by atoms with E-state index >= 15 is 0 Å². The van der Waals surface area contributed by atoms with Crippen LogP contribution >= 0.6 is 0 Å². The van der Waals surface area contributed by atoms with Crippen LogP contribution in [0.25, 0.3) is 0 Å². The summed E-state index contributed by atoms with van der Waals surface area (Å²) in [6, 6.07) is 0.287. The lowest BCUT2D eigenvalue weighted by Gasteiger charge is -2.36. The van der Waals surface area contributed by atoms with Gasteiger partial charge in [-0.05, 0) is 52.9 Å². The van der Waals surface area contributed by atoms with Crippen molar-refractivity contribution < 1.29 is 9.53 Å². The number of aryl methyl sites for hydroxylation is 1. The number of anilines is 1. The highest BCUT2D eigenvalue weighted by atomic mass is 16.6. The highest BCUT2D eigenvalue weighted by molar-refractivity contribution is 5.68. The van der Waals surface area contributed by atoms with Crippen LogP contribution in [0.4, 0.5) is 10.5 Å². The minimum Gasteiger partial charge on any atom is -0.444 e. The fourth-order valence-electron chi connectivity index (χ4n) is 3.08. The van der Waals surface area contributed by atoms with Gasteiger partial charge in [-0.2, -0.15) is 5.10 Å². The number of nitrogens with one attached hydrogen (secondary N) is 1. The average Bonchev–Trinajstić information content (AvgIpc) is 2.93. The molecule has 2 heterocycles. The third-order valence-electron chi connectivity index (χ3n) is 4.30. The highest BCUT2D eigenvalue weighted by Crippen LogP contribution is 2.24. The van der Waals surface area contributed by atoms with Crippen molar-refractivity contribution in [3.05, 3.63) is 12.4 Å². The van der Waals surface area contributed by atoms with Crippen molar-refractivity contribution in [1.29, 1.82) is 0 Å². The van der Waals surface area contributed by atoms with Gasteiger partial charge in [-0.3, -0.25) is 4.68 Å². The van der Waals surface area contributed by atoms with Crippen molar-refractivity contribution in [2.45, 2.75) is 72.1 Å². The fraction of sp³-hybridized carbons (Fsp3) is 0.778. The van der Waals surface area contributed by atoms with Gasteiger partial charge in [-0.15, -0.1) is 0 Å². The highest BCUT2D eigenvalue weighted by Gasteiger charge is 2.30. The summed E-state index contributed by atoms with van der Waals surface area (Å²) >= 11 is 0. The van der Waals surface area contributed by atoms with Gasteiger partial charge in [0.1, 0.15) is 5.60 Å². The van der Waals surface area contributed by atoms with Crippen LogP contribution in [0.15, 0.2) is 12.4 Å². The number of hydrogen-bond acceptors (Lipinski definition) is 4. The molecule has 1 aromatic rings. The third kappa shape index (κ3) is 5.42. The average molecular weight is 336 g/mol. The van der Waals surface area contributed by atoms with Crippen LogP contribution in [0.2, 0.25) is 0 Å². The minimum atomic E-state index is -0.443. The Morgan fingerprint density at radius 1 is 1.50 bits per heavy atom. The number of aromatic nitrogens is 2. The predicted molar refractivity (Wildman–Crippen MR) is 96.1 cm³/mol. The zero-order valence-corrected chi connectivity index (χ0v) is 15.7. The first kappa shape index (κ1) is 18.6. The van der Waals surface area contributed by atoms with E-state index in [0.29, 0.717) is 5.92 Å². The van der Waals surface area contributed by atoms with Crippen molar-refractivity contribution in [3.8, 4) is 0 Å². The zero-order chi connectivity index (χ0) is 17.7. The lowest BCUT2D eigenvalue weighted by molar-refractivity contribution is 0.0159. The molecule has 1 saturated heterocycles. The number of hydrogen-bond donors (Lipinski definition) is 1. The Labute approximate surface area is 145 Å². The number of rotatable bonds is 5. The first-order valence-electron chi connectivity index (χ1n) is 9.05. The monoisotopic (exact) mass is 336 g/mol. The number of amides is 1. The second-order valence-corrected chi connectivity index (χ2v) is 7.75. The molecule has 2 rings (SSSR count). The standard InChI is InChI=1S/C18H32N4O2/c1-6-9-22-13-16(11-19-22)20-14(2)15-8-7-10-21(12-15)17(23)24-18(3,4)5/h11,13-15,20H,6-10,12H2,1-5H3/t14-,15+/m0/s1. The van der Waals surface area contributed by atoms with Gasteiger partial charge in [0.2, 0.25) is 0 Å². The number of nitrogens with zero attached hydrogens (tertiary/aromatic N) is 3. The molecule has 1 fully saturated rings. The molecule has 0 saturated carbocycles. The quantitative estimate of drug-likeness (QED) is 0.890. The van der Waals surface area contributed by atoms with Gasteiger partial charge in [0.15, 0.2) is 0 Å². The van der Waals surface area contributed by atoms with E-state index in [9.17, 15) is 4.79 Å². The maximum absolute atomic E-state index is 12.3. The Kier molecular flexibility index (Phi) is 6.13. The van der Waals surface area contributed by atoms with Crippen molar-refractivity contribution in [1.82, 2.24) is 14.7 Å². The van der Waals surface area contributed by atoms with E-state index in [4.69, 9.17) is 4.74 Å². The smallest absolute Gasteiger partial charge is 0.410 e. The van der Waals surface area contributed by atoms with Gasteiger partial charge in [-0.25, -0.2) is 4.79 Å². The molecule has 0 spiro atoms. The van der Waals surface area contributed by atoms with Crippen molar-refractivity contribution in [2.75, 3.05) is 18.4 Å². The number of carbonyl (C=O) groups excluding carboxylic acids is 1. The number of piperidine rings is 1. The summed E-state index contributed by atoms with van der Waals surface area (Å²) in [6.45, 7) is 12.5.